The number of benzene rings is 2. The van der Waals surface area contributed by atoms with Gasteiger partial charge in [-0.3, -0.25) is 4.79 Å². The fraction of sp³-hybridized carbons (Fsp3) is 0.393. The molecular weight excluding hydrogens is 476 g/mol. The summed E-state index contributed by atoms with van der Waals surface area (Å²) in [6, 6.07) is 13.6. The van der Waals surface area contributed by atoms with Gasteiger partial charge in [0.25, 0.3) is 5.91 Å². The number of aromatic nitrogens is 1. The third-order valence-corrected chi connectivity index (χ3v) is 6.67. The quantitative estimate of drug-likeness (QED) is 0.331. The average Bonchev–Trinajstić information content (AvgIpc) is 3.23. The van der Waals surface area contributed by atoms with Crippen molar-refractivity contribution < 1.29 is 24.2 Å². The lowest BCUT2D eigenvalue weighted by Crippen LogP contribution is -2.29. The normalized spacial score (nSPS) is 11.9. The first kappa shape index (κ1) is 27.4. The van der Waals surface area contributed by atoms with Crippen LogP contribution in [-0.2, 0) is 22.5 Å². The van der Waals surface area contributed by atoms with Gasteiger partial charge in [0.1, 0.15) is 15.6 Å². The fourth-order valence-corrected chi connectivity index (χ4v) is 4.66. The summed E-state index contributed by atoms with van der Waals surface area (Å²) in [7, 11) is 0. The minimum atomic E-state index is -1.00. The Morgan fingerprint density at radius 3 is 2.47 bits per heavy atom. The molecule has 0 saturated carbocycles. The maximum Gasteiger partial charge on any atom is 0.333 e. The summed E-state index contributed by atoms with van der Waals surface area (Å²) in [4.78, 5) is 29.9. The number of carboxylic acid groups (broad SMARTS) is 1. The Labute approximate surface area is 216 Å². The Hall–Kier alpha value is -3.23. The average molecular weight is 511 g/mol. The number of thiazole rings is 1. The topological polar surface area (TPSA) is 97.8 Å². The third-order valence-electron chi connectivity index (χ3n) is 5.46. The molecule has 1 unspecified atom stereocenters. The fourth-order valence-electron chi connectivity index (χ4n) is 3.67. The molecule has 1 atom stereocenters. The highest BCUT2D eigenvalue weighted by atomic mass is 32.1. The number of hydrogen-bond donors (Lipinski definition) is 2. The van der Waals surface area contributed by atoms with Crippen molar-refractivity contribution in [3.8, 4) is 16.3 Å². The van der Waals surface area contributed by atoms with Gasteiger partial charge in [-0.25, -0.2) is 9.78 Å². The van der Waals surface area contributed by atoms with Crippen LogP contribution in [0.1, 0.15) is 59.2 Å². The molecule has 8 heteroatoms. The molecule has 2 aromatic carbocycles. The number of amides is 1. The predicted molar refractivity (Wildman–Crippen MR) is 142 cm³/mol. The molecule has 1 heterocycles. The highest BCUT2D eigenvalue weighted by Crippen LogP contribution is 2.28. The molecule has 1 aromatic heterocycles. The molecule has 0 fully saturated rings. The standard InChI is InChI=1S/C28H34N2O5S/c1-6-13-34-23-12-9-20(15-24(28(32)33)35-17(2)3)14-22(23)16-29-26(31)25-19(5)30-27(36-25)21-10-7-18(4)8-11-21/h7-12,14,17,24H,6,13,15-16H2,1-5H3,(H,29,31)(H,32,33). The second-order valence-corrected chi connectivity index (χ2v) is 9.99. The number of carboxylic acids is 1. The second kappa shape index (κ2) is 12.6. The van der Waals surface area contributed by atoms with Crippen molar-refractivity contribution in [3.63, 3.8) is 0 Å². The van der Waals surface area contributed by atoms with Crippen LogP contribution in [0, 0.1) is 13.8 Å². The molecule has 0 radical (unpaired) electrons. The lowest BCUT2D eigenvalue weighted by molar-refractivity contribution is -0.153. The lowest BCUT2D eigenvalue weighted by Gasteiger charge is -2.18. The molecule has 3 aromatic rings. The summed E-state index contributed by atoms with van der Waals surface area (Å²) in [5.74, 6) is -0.546. The number of aryl methyl sites for hydroxylation is 2. The van der Waals surface area contributed by atoms with E-state index in [0.29, 0.717) is 22.9 Å². The molecule has 7 nitrogen and oxygen atoms in total. The van der Waals surface area contributed by atoms with E-state index >= 15 is 0 Å². The number of aliphatic carboxylic acids is 1. The van der Waals surface area contributed by atoms with Crippen LogP contribution < -0.4 is 10.1 Å². The zero-order chi connectivity index (χ0) is 26.2. The van der Waals surface area contributed by atoms with Crippen LogP contribution in [0.15, 0.2) is 42.5 Å². The van der Waals surface area contributed by atoms with Gasteiger partial charge in [-0.1, -0.05) is 48.9 Å². The molecular formula is C28H34N2O5S. The van der Waals surface area contributed by atoms with Crippen LogP contribution in [0.3, 0.4) is 0 Å². The van der Waals surface area contributed by atoms with Crippen LogP contribution in [0.5, 0.6) is 5.75 Å². The first-order valence-corrected chi connectivity index (χ1v) is 12.9. The van der Waals surface area contributed by atoms with Gasteiger partial charge in [0.15, 0.2) is 6.10 Å². The van der Waals surface area contributed by atoms with E-state index in [9.17, 15) is 14.7 Å². The molecule has 1 amide bonds. The molecule has 192 valence electrons. The third kappa shape index (κ3) is 7.38. The molecule has 0 aliphatic rings. The number of nitrogens with one attached hydrogen (secondary N) is 1. The van der Waals surface area contributed by atoms with E-state index in [1.54, 1.807) is 0 Å². The minimum absolute atomic E-state index is 0.204. The van der Waals surface area contributed by atoms with Gasteiger partial charge in [0.05, 0.1) is 18.4 Å². The first-order valence-electron chi connectivity index (χ1n) is 12.1. The van der Waals surface area contributed by atoms with Crippen LogP contribution in [0.2, 0.25) is 0 Å². The predicted octanol–water partition coefficient (Wildman–Crippen LogP) is 5.57. The van der Waals surface area contributed by atoms with Gasteiger partial charge in [0.2, 0.25) is 0 Å². The smallest absolute Gasteiger partial charge is 0.333 e. The van der Waals surface area contributed by atoms with Crippen molar-refractivity contribution in [2.45, 2.75) is 66.2 Å². The van der Waals surface area contributed by atoms with Gasteiger partial charge < -0.3 is 19.9 Å². The van der Waals surface area contributed by atoms with Crippen molar-refractivity contribution >= 4 is 23.2 Å². The zero-order valence-corrected chi connectivity index (χ0v) is 22.3. The molecule has 0 spiro atoms. The number of carbonyl (C=O) groups is 2. The monoisotopic (exact) mass is 510 g/mol. The minimum Gasteiger partial charge on any atom is -0.493 e. The maximum absolute atomic E-state index is 13.1. The van der Waals surface area contributed by atoms with Crippen molar-refractivity contribution in [1.29, 1.82) is 0 Å². The number of nitrogens with zero attached hydrogens (tertiary/aromatic N) is 1. The van der Waals surface area contributed by atoms with Gasteiger partial charge in [0, 0.05) is 24.1 Å². The molecule has 36 heavy (non-hydrogen) atoms. The van der Waals surface area contributed by atoms with Crippen LogP contribution >= 0.6 is 11.3 Å². The van der Waals surface area contributed by atoms with E-state index in [0.717, 1.165) is 28.1 Å². The summed E-state index contributed by atoms with van der Waals surface area (Å²) in [6.07, 6.45) is -0.0888. The summed E-state index contributed by atoms with van der Waals surface area (Å²) in [5.41, 5.74) is 4.40. The largest absolute Gasteiger partial charge is 0.493 e. The van der Waals surface area contributed by atoms with E-state index in [-0.39, 0.29) is 25.0 Å². The Balaban J connectivity index is 1.77. The van der Waals surface area contributed by atoms with Crippen molar-refractivity contribution in [2.75, 3.05) is 6.61 Å². The summed E-state index contributed by atoms with van der Waals surface area (Å²) in [5, 5.41) is 13.3. The number of rotatable bonds is 12. The van der Waals surface area contributed by atoms with E-state index in [1.165, 1.54) is 16.9 Å². The van der Waals surface area contributed by atoms with Gasteiger partial charge in [-0.05, 0) is 45.7 Å². The summed E-state index contributed by atoms with van der Waals surface area (Å²) < 4.78 is 11.4. The van der Waals surface area contributed by atoms with Crippen molar-refractivity contribution in [3.05, 3.63) is 69.7 Å². The highest BCUT2D eigenvalue weighted by Gasteiger charge is 2.21. The van der Waals surface area contributed by atoms with Crippen LogP contribution in [-0.4, -0.2) is 40.8 Å². The molecule has 2 N–H and O–H groups in total. The molecule has 0 aliphatic carbocycles. The van der Waals surface area contributed by atoms with E-state index in [4.69, 9.17) is 9.47 Å². The van der Waals surface area contributed by atoms with Crippen molar-refractivity contribution in [2.24, 2.45) is 0 Å². The Morgan fingerprint density at radius 2 is 1.83 bits per heavy atom. The van der Waals surface area contributed by atoms with Crippen molar-refractivity contribution in [1.82, 2.24) is 10.3 Å². The van der Waals surface area contributed by atoms with Gasteiger partial charge in [-0.2, -0.15) is 0 Å². The van der Waals surface area contributed by atoms with E-state index in [1.807, 2.05) is 77.1 Å². The molecule has 0 saturated heterocycles. The van der Waals surface area contributed by atoms with Gasteiger partial charge >= 0.3 is 5.97 Å². The Morgan fingerprint density at radius 1 is 1.11 bits per heavy atom. The highest BCUT2D eigenvalue weighted by molar-refractivity contribution is 7.17. The number of carbonyl (C=O) groups excluding carboxylic acids is 1. The number of hydrogen-bond acceptors (Lipinski definition) is 6. The lowest BCUT2D eigenvalue weighted by atomic mass is 10.0. The first-order chi connectivity index (χ1) is 17.2. The summed E-state index contributed by atoms with van der Waals surface area (Å²) in [6.45, 7) is 10.3. The van der Waals surface area contributed by atoms with Gasteiger partial charge in [-0.15, -0.1) is 11.3 Å². The maximum atomic E-state index is 13.1. The second-order valence-electron chi connectivity index (χ2n) is 8.99. The van der Waals surface area contributed by atoms with E-state index < -0.39 is 12.1 Å². The molecule has 0 bridgehead atoms. The zero-order valence-electron chi connectivity index (χ0n) is 21.5. The SMILES string of the molecule is CCCOc1ccc(CC(OC(C)C)C(=O)O)cc1CNC(=O)c1sc(-c2ccc(C)cc2)nc1C. The Bertz CT molecular complexity index is 1190. The summed E-state index contributed by atoms with van der Waals surface area (Å²) >= 11 is 1.36. The van der Waals surface area contributed by atoms with Crippen LogP contribution in [0.4, 0.5) is 0 Å². The molecule has 3 rings (SSSR count). The number of ether oxygens (including phenoxy) is 2. The van der Waals surface area contributed by atoms with Crippen LogP contribution in [0.25, 0.3) is 10.6 Å². The molecule has 0 aliphatic heterocycles. The van der Waals surface area contributed by atoms with E-state index in [2.05, 4.69) is 10.3 Å². The Kier molecular flexibility index (Phi) is 9.61.